The Morgan fingerprint density at radius 1 is 0.905 bits per heavy atom. The highest BCUT2D eigenvalue weighted by molar-refractivity contribution is 6.35. The molecule has 6 nitrogen and oxygen atoms in total. The number of ether oxygens (including phenoxy) is 1. The molecular formula is C13H15Cl2N5O. The molecule has 0 bridgehead atoms. The fourth-order valence-electron chi connectivity index (χ4n) is 1.63. The van der Waals surface area contributed by atoms with Crippen LogP contribution in [-0.4, -0.2) is 43.2 Å². The highest BCUT2D eigenvalue weighted by Crippen LogP contribution is 2.28. The van der Waals surface area contributed by atoms with Gasteiger partial charge in [0.25, 0.3) is 0 Å². The van der Waals surface area contributed by atoms with E-state index in [-0.39, 0.29) is 6.01 Å². The van der Waals surface area contributed by atoms with Crippen LogP contribution in [0.3, 0.4) is 0 Å². The first-order chi connectivity index (χ1) is 9.90. The van der Waals surface area contributed by atoms with E-state index in [1.54, 1.807) is 28.0 Å². The Morgan fingerprint density at radius 2 is 1.48 bits per heavy atom. The number of hydrogen-bond donors (Lipinski definition) is 0. The first-order valence-corrected chi connectivity index (χ1v) is 6.83. The lowest BCUT2D eigenvalue weighted by molar-refractivity contribution is 0.378. The molecule has 2 aromatic rings. The fraction of sp³-hybridized carbons (Fsp3) is 0.308. The number of methoxy groups -OCH3 is 1. The average Bonchev–Trinajstić information content (AvgIpc) is 2.44. The van der Waals surface area contributed by atoms with Crippen LogP contribution in [0.15, 0.2) is 18.2 Å². The van der Waals surface area contributed by atoms with Crippen LogP contribution in [0, 0.1) is 0 Å². The molecule has 112 valence electrons. The van der Waals surface area contributed by atoms with Gasteiger partial charge in [-0.25, -0.2) is 0 Å². The van der Waals surface area contributed by atoms with E-state index in [1.807, 2.05) is 21.1 Å². The maximum atomic E-state index is 6.02. The van der Waals surface area contributed by atoms with Crippen molar-refractivity contribution in [2.75, 3.05) is 38.1 Å². The summed E-state index contributed by atoms with van der Waals surface area (Å²) in [6.45, 7) is 0. The minimum absolute atomic E-state index is 0.240. The van der Waals surface area contributed by atoms with Crippen LogP contribution in [0.4, 0.5) is 17.6 Å². The predicted octanol–water partition coefficient (Wildman–Crippen LogP) is 3.02. The molecule has 0 spiro atoms. The van der Waals surface area contributed by atoms with Crippen molar-refractivity contribution in [2.24, 2.45) is 0 Å². The van der Waals surface area contributed by atoms with Crippen LogP contribution in [0.2, 0.25) is 10.0 Å². The van der Waals surface area contributed by atoms with Gasteiger partial charge in [0.15, 0.2) is 0 Å². The van der Waals surface area contributed by atoms with Crippen molar-refractivity contribution in [2.45, 2.75) is 0 Å². The third-order valence-corrected chi connectivity index (χ3v) is 3.14. The van der Waals surface area contributed by atoms with E-state index in [2.05, 4.69) is 15.0 Å². The lowest BCUT2D eigenvalue weighted by Crippen LogP contribution is -2.19. The molecule has 1 aromatic heterocycles. The van der Waals surface area contributed by atoms with Gasteiger partial charge in [-0.15, -0.1) is 0 Å². The molecule has 0 saturated carbocycles. The summed E-state index contributed by atoms with van der Waals surface area (Å²) in [5.41, 5.74) is 0.769. The third kappa shape index (κ3) is 3.65. The number of halogens is 2. The van der Waals surface area contributed by atoms with Crippen LogP contribution in [-0.2, 0) is 0 Å². The summed E-state index contributed by atoms with van der Waals surface area (Å²) in [7, 11) is 7.01. The molecule has 0 radical (unpaired) electrons. The second kappa shape index (κ2) is 6.32. The summed E-state index contributed by atoms with van der Waals surface area (Å²) in [6, 6.07) is 5.46. The first kappa shape index (κ1) is 15.6. The predicted molar refractivity (Wildman–Crippen MR) is 85.2 cm³/mol. The maximum absolute atomic E-state index is 6.02. The molecule has 0 saturated heterocycles. The number of rotatable bonds is 4. The number of hydrogen-bond acceptors (Lipinski definition) is 6. The van der Waals surface area contributed by atoms with Gasteiger partial charge in [0.1, 0.15) is 0 Å². The van der Waals surface area contributed by atoms with E-state index in [0.29, 0.717) is 21.9 Å². The second-order valence-electron chi connectivity index (χ2n) is 4.50. The van der Waals surface area contributed by atoms with E-state index in [4.69, 9.17) is 27.9 Å². The van der Waals surface area contributed by atoms with Gasteiger partial charge in [-0.05, 0) is 18.2 Å². The summed E-state index contributed by atoms with van der Waals surface area (Å²) in [5.74, 6) is 0.931. The van der Waals surface area contributed by atoms with Gasteiger partial charge in [0.2, 0.25) is 11.9 Å². The van der Waals surface area contributed by atoms with Crippen molar-refractivity contribution in [3.05, 3.63) is 28.2 Å². The molecule has 0 N–H and O–H groups in total. The molecule has 0 aliphatic rings. The van der Waals surface area contributed by atoms with Gasteiger partial charge in [-0.1, -0.05) is 23.2 Å². The van der Waals surface area contributed by atoms with Gasteiger partial charge < -0.3 is 14.5 Å². The summed E-state index contributed by atoms with van der Waals surface area (Å²) in [4.78, 5) is 16.3. The van der Waals surface area contributed by atoms with Crippen molar-refractivity contribution in [1.29, 1.82) is 0 Å². The van der Waals surface area contributed by atoms with Crippen molar-refractivity contribution < 1.29 is 4.74 Å². The van der Waals surface area contributed by atoms with Gasteiger partial charge in [0, 0.05) is 36.9 Å². The Hall–Kier alpha value is -1.79. The fourth-order valence-corrected chi connectivity index (χ4v) is 2.14. The largest absolute Gasteiger partial charge is 0.467 e. The minimum atomic E-state index is 0.240. The van der Waals surface area contributed by atoms with Gasteiger partial charge in [0.05, 0.1) is 7.11 Å². The highest BCUT2D eigenvalue weighted by Gasteiger charge is 2.14. The number of nitrogens with zero attached hydrogens (tertiary/aromatic N) is 5. The molecular weight excluding hydrogens is 313 g/mol. The zero-order chi connectivity index (χ0) is 15.6. The third-order valence-electron chi connectivity index (χ3n) is 2.71. The highest BCUT2D eigenvalue weighted by atomic mass is 35.5. The molecule has 2 rings (SSSR count). The minimum Gasteiger partial charge on any atom is -0.467 e. The summed E-state index contributed by atoms with van der Waals surface area (Å²) < 4.78 is 5.11. The zero-order valence-corrected chi connectivity index (χ0v) is 13.6. The number of benzene rings is 1. The lowest BCUT2D eigenvalue weighted by Gasteiger charge is -2.20. The number of aromatic nitrogens is 3. The summed E-state index contributed by atoms with van der Waals surface area (Å²) in [6.07, 6.45) is 0. The SMILES string of the molecule is COc1nc(N(C)C)nc(N(C)c2cc(Cl)cc(Cl)c2)n1. The molecule has 0 amide bonds. The summed E-state index contributed by atoms with van der Waals surface area (Å²) in [5, 5.41) is 1.08. The van der Waals surface area contributed by atoms with Crippen LogP contribution in [0.25, 0.3) is 0 Å². The second-order valence-corrected chi connectivity index (χ2v) is 5.38. The smallest absolute Gasteiger partial charge is 0.322 e. The normalized spacial score (nSPS) is 10.4. The Labute approximate surface area is 133 Å². The quantitative estimate of drug-likeness (QED) is 0.860. The van der Waals surface area contributed by atoms with Crippen LogP contribution in [0.5, 0.6) is 6.01 Å². The molecule has 1 aromatic carbocycles. The van der Waals surface area contributed by atoms with Crippen molar-refractivity contribution in [3.8, 4) is 6.01 Å². The van der Waals surface area contributed by atoms with E-state index in [9.17, 15) is 0 Å². The van der Waals surface area contributed by atoms with E-state index in [0.717, 1.165) is 5.69 Å². The van der Waals surface area contributed by atoms with E-state index < -0.39 is 0 Å². The van der Waals surface area contributed by atoms with Crippen LogP contribution < -0.4 is 14.5 Å². The molecule has 1 heterocycles. The van der Waals surface area contributed by atoms with Gasteiger partial charge >= 0.3 is 6.01 Å². The van der Waals surface area contributed by atoms with Crippen LogP contribution >= 0.6 is 23.2 Å². The Kier molecular flexibility index (Phi) is 4.69. The molecule has 21 heavy (non-hydrogen) atoms. The first-order valence-electron chi connectivity index (χ1n) is 6.08. The Bertz CT molecular complexity index is 630. The van der Waals surface area contributed by atoms with Crippen molar-refractivity contribution >= 4 is 40.8 Å². The van der Waals surface area contributed by atoms with Crippen molar-refractivity contribution in [3.63, 3.8) is 0 Å². The standard InChI is InChI=1S/C13H15Cl2N5O/c1-19(2)11-16-12(18-13(17-11)21-4)20(3)10-6-8(14)5-9(15)7-10/h5-7H,1-4H3. The Morgan fingerprint density at radius 3 is 2.00 bits per heavy atom. The van der Waals surface area contributed by atoms with Gasteiger partial charge in [-0.2, -0.15) is 15.0 Å². The molecule has 0 aliphatic heterocycles. The monoisotopic (exact) mass is 327 g/mol. The lowest BCUT2D eigenvalue weighted by atomic mass is 10.3. The topological polar surface area (TPSA) is 54.4 Å². The van der Waals surface area contributed by atoms with Crippen molar-refractivity contribution in [1.82, 2.24) is 15.0 Å². The molecule has 0 aliphatic carbocycles. The van der Waals surface area contributed by atoms with Gasteiger partial charge in [-0.3, -0.25) is 0 Å². The molecule has 0 fully saturated rings. The maximum Gasteiger partial charge on any atom is 0.322 e. The molecule has 0 unspecified atom stereocenters. The summed E-state index contributed by atoms with van der Waals surface area (Å²) >= 11 is 12.0. The molecule has 8 heteroatoms. The number of anilines is 3. The van der Waals surface area contributed by atoms with Crippen LogP contribution in [0.1, 0.15) is 0 Å². The van der Waals surface area contributed by atoms with E-state index in [1.165, 1.54) is 7.11 Å². The zero-order valence-electron chi connectivity index (χ0n) is 12.1. The molecule has 0 atom stereocenters. The van der Waals surface area contributed by atoms with E-state index >= 15 is 0 Å². The average molecular weight is 328 g/mol. The Balaban J connectivity index is 2.46.